The fraction of sp³-hybridized carbons (Fsp3) is 0.417. The lowest BCUT2D eigenvalue weighted by molar-refractivity contribution is -0.142. The molecule has 4 nitrogen and oxygen atoms in total. The Morgan fingerprint density at radius 2 is 2.24 bits per heavy atom. The summed E-state index contributed by atoms with van der Waals surface area (Å²) < 4.78 is 4.61. The smallest absolute Gasteiger partial charge is 0.322 e. The number of ether oxygens (including phenoxy) is 1. The van der Waals surface area contributed by atoms with Gasteiger partial charge in [0.15, 0.2) is 0 Å². The molecule has 0 fully saturated rings. The molecule has 17 heavy (non-hydrogen) atoms. The van der Waals surface area contributed by atoms with Gasteiger partial charge in [-0.15, -0.1) is 12.4 Å². The second-order valence-electron chi connectivity index (χ2n) is 4.04. The van der Waals surface area contributed by atoms with Crippen LogP contribution < -0.4 is 11.1 Å². The van der Waals surface area contributed by atoms with Crippen molar-refractivity contribution in [3.05, 3.63) is 36.1 Å². The third kappa shape index (κ3) is 2.90. The molecule has 0 bridgehead atoms. The summed E-state index contributed by atoms with van der Waals surface area (Å²) in [5, 5.41) is 3.26. The highest BCUT2D eigenvalue weighted by Gasteiger charge is 2.29. The molecule has 94 valence electrons. The van der Waals surface area contributed by atoms with E-state index in [1.54, 1.807) is 0 Å². The maximum Gasteiger partial charge on any atom is 0.322 e. The Morgan fingerprint density at radius 3 is 2.94 bits per heavy atom. The topological polar surface area (TPSA) is 64.3 Å². The maximum absolute atomic E-state index is 11.2. The van der Waals surface area contributed by atoms with E-state index >= 15 is 0 Å². The molecule has 3 N–H and O–H groups in total. The van der Waals surface area contributed by atoms with E-state index in [2.05, 4.69) is 22.2 Å². The molecule has 3 atom stereocenters. The summed E-state index contributed by atoms with van der Waals surface area (Å²) in [6, 6.07) is -0.263. The van der Waals surface area contributed by atoms with Crippen molar-refractivity contribution in [3.63, 3.8) is 0 Å². The van der Waals surface area contributed by atoms with Crippen LogP contribution in [0.4, 0.5) is 0 Å². The first-order chi connectivity index (χ1) is 7.72. The van der Waals surface area contributed by atoms with Gasteiger partial charge in [-0.25, -0.2) is 0 Å². The Labute approximate surface area is 107 Å². The van der Waals surface area contributed by atoms with Crippen LogP contribution in [0.2, 0.25) is 0 Å². The monoisotopic (exact) mass is 256 g/mol. The molecule has 0 saturated heterocycles. The van der Waals surface area contributed by atoms with Gasteiger partial charge in [-0.05, 0) is 18.2 Å². The number of nitrogens with one attached hydrogen (secondary N) is 1. The number of methoxy groups -OCH3 is 1. The number of hydrogen-bond donors (Lipinski definition) is 2. The Balaban J connectivity index is 0.00000144. The quantitative estimate of drug-likeness (QED) is 0.737. The van der Waals surface area contributed by atoms with Gasteiger partial charge >= 0.3 is 5.97 Å². The van der Waals surface area contributed by atoms with Crippen LogP contribution in [0.5, 0.6) is 0 Å². The van der Waals surface area contributed by atoms with Crippen molar-refractivity contribution < 1.29 is 9.53 Å². The molecule has 0 aromatic rings. The van der Waals surface area contributed by atoms with E-state index in [4.69, 9.17) is 5.73 Å². The van der Waals surface area contributed by atoms with Gasteiger partial charge in [0, 0.05) is 5.92 Å². The average Bonchev–Trinajstić information content (AvgIpc) is 2.72. The zero-order valence-corrected chi connectivity index (χ0v) is 10.4. The fourth-order valence-corrected chi connectivity index (χ4v) is 2.10. The van der Waals surface area contributed by atoms with E-state index < -0.39 is 6.04 Å². The predicted octanol–water partition coefficient (Wildman–Crippen LogP) is 0.897. The molecule has 2 aliphatic rings. The van der Waals surface area contributed by atoms with E-state index in [1.807, 2.05) is 18.4 Å². The van der Waals surface area contributed by atoms with Gasteiger partial charge in [-0.1, -0.05) is 24.3 Å². The van der Waals surface area contributed by atoms with E-state index in [-0.39, 0.29) is 18.4 Å². The lowest BCUT2D eigenvalue weighted by Gasteiger charge is -2.20. The summed E-state index contributed by atoms with van der Waals surface area (Å²) in [7, 11) is 1.36. The number of allylic oxidation sites excluding steroid dienone is 2. The van der Waals surface area contributed by atoms with Crippen LogP contribution in [0.3, 0.4) is 0 Å². The van der Waals surface area contributed by atoms with Crippen LogP contribution in [-0.4, -0.2) is 25.2 Å². The molecule has 1 aliphatic carbocycles. The van der Waals surface area contributed by atoms with Crippen LogP contribution in [0.15, 0.2) is 36.1 Å². The standard InChI is InChI=1S/C12H16N2O2.ClH/c1-16-12(15)10(13)6-8-7-14-11-5-3-2-4-9(8)11;/h2-5,7,9-11,14H,6,13H2,1H3;1H/t9?,10-,11?;/m0./s1. The molecule has 1 aliphatic heterocycles. The largest absolute Gasteiger partial charge is 0.468 e. The SMILES string of the molecule is COC(=O)[C@@H](N)CC1=CNC2C=CC=CC12.Cl. The van der Waals surface area contributed by atoms with Crippen molar-refractivity contribution in [2.75, 3.05) is 7.11 Å². The molecule has 1 heterocycles. The normalized spacial score (nSPS) is 26.4. The van der Waals surface area contributed by atoms with E-state index in [0.717, 1.165) is 5.57 Å². The number of fused-ring (bicyclic) bond motifs is 1. The van der Waals surface area contributed by atoms with Crippen LogP contribution >= 0.6 is 12.4 Å². The molecule has 2 rings (SSSR count). The lowest BCUT2D eigenvalue weighted by atomic mass is 9.88. The Morgan fingerprint density at radius 1 is 1.53 bits per heavy atom. The second-order valence-corrected chi connectivity index (χ2v) is 4.04. The maximum atomic E-state index is 11.2. The fourth-order valence-electron chi connectivity index (χ4n) is 2.10. The minimum Gasteiger partial charge on any atom is -0.468 e. The second kappa shape index (κ2) is 5.89. The van der Waals surface area contributed by atoms with Crippen molar-refractivity contribution in [1.29, 1.82) is 0 Å². The highest BCUT2D eigenvalue weighted by atomic mass is 35.5. The molecule has 0 radical (unpaired) electrons. The molecule has 0 spiro atoms. The summed E-state index contributed by atoms with van der Waals surface area (Å²) in [6.07, 6.45) is 10.8. The highest BCUT2D eigenvalue weighted by molar-refractivity contribution is 5.85. The van der Waals surface area contributed by atoms with Gasteiger partial charge in [0.1, 0.15) is 6.04 Å². The molecule has 0 amide bonds. The Bertz CT molecular complexity index is 377. The minimum absolute atomic E-state index is 0. The molecule has 0 aromatic heterocycles. The van der Waals surface area contributed by atoms with Crippen LogP contribution in [0.25, 0.3) is 0 Å². The van der Waals surface area contributed by atoms with Crippen LogP contribution in [0.1, 0.15) is 6.42 Å². The lowest BCUT2D eigenvalue weighted by Crippen LogP contribution is -2.33. The average molecular weight is 257 g/mol. The molecule has 5 heteroatoms. The van der Waals surface area contributed by atoms with Crippen molar-refractivity contribution >= 4 is 18.4 Å². The van der Waals surface area contributed by atoms with Crippen molar-refractivity contribution in [2.24, 2.45) is 11.7 Å². The molecule has 0 aromatic carbocycles. The Hall–Kier alpha value is -1.26. The van der Waals surface area contributed by atoms with Crippen LogP contribution in [-0.2, 0) is 9.53 Å². The first-order valence-electron chi connectivity index (χ1n) is 5.36. The van der Waals surface area contributed by atoms with Crippen molar-refractivity contribution in [2.45, 2.75) is 18.5 Å². The van der Waals surface area contributed by atoms with Crippen molar-refractivity contribution in [3.8, 4) is 0 Å². The minimum atomic E-state index is -0.573. The molecule has 0 saturated carbocycles. The highest BCUT2D eigenvalue weighted by Crippen LogP contribution is 2.28. The number of carbonyl (C=O) groups is 1. The predicted molar refractivity (Wildman–Crippen MR) is 68.6 cm³/mol. The van der Waals surface area contributed by atoms with Crippen molar-refractivity contribution in [1.82, 2.24) is 5.32 Å². The van der Waals surface area contributed by atoms with E-state index in [9.17, 15) is 4.79 Å². The summed E-state index contributed by atoms with van der Waals surface area (Å²) in [6.45, 7) is 0. The first-order valence-corrected chi connectivity index (χ1v) is 5.36. The number of carbonyl (C=O) groups excluding carboxylic acids is 1. The summed E-state index contributed by atoms with van der Waals surface area (Å²) in [5.74, 6) is -0.0413. The molecular formula is C12H17ClN2O2. The van der Waals surface area contributed by atoms with Gasteiger partial charge in [0.2, 0.25) is 0 Å². The van der Waals surface area contributed by atoms with Gasteiger partial charge in [0.05, 0.1) is 13.2 Å². The third-order valence-electron chi connectivity index (χ3n) is 2.98. The first kappa shape index (κ1) is 13.8. The zero-order chi connectivity index (χ0) is 11.5. The van der Waals surface area contributed by atoms with Gasteiger partial charge < -0.3 is 15.8 Å². The Kier molecular flexibility index (Phi) is 4.78. The number of rotatable bonds is 3. The number of nitrogens with two attached hydrogens (primary N) is 1. The van der Waals surface area contributed by atoms with E-state index in [1.165, 1.54) is 7.11 Å². The van der Waals surface area contributed by atoms with Gasteiger partial charge in [-0.3, -0.25) is 4.79 Å². The zero-order valence-electron chi connectivity index (χ0n) is 9.63. The summed E-state index contributed by atoms with van der Waals surface area (Å²) in [5.41, 5.74) is 6.90. The third-order valence-corrected chi connectivity index (χ3v) is 2.98. The van der Waals surface area contributed by atoms with E-state index in [0.29, 0.717) is 18.4 Å². The summed E-state index contributed by atoms with van der Waals surface area (Å²) in [4.78, 5) is 11.2. The number of esters is 1. The van der Waals surface area contributed by atoms with Gasteiger partial charge in [-0.2, -0.15) is 0 Å². The van der Waals surface area contributed by atoms with Crippen LogP contribution in [0, 0.1) is 5.92 Å². The number of hydrogen-bond acceptors (Lipinski definition) is 4. The number of halogens is 1. The summed E-state index contributed by atoms with van der Waals surface area (Å²) >= 11 is 0. The molecule has 2 unspecified atom stereocenters. The van der Waals surface area contributed by atoms with Gasteiger partial charge in [0.25, 0.3) is 0 Å². The molecular weight excluding hydrogens is 240 g/mol.